The second-order valence-electron chi connectivity index (χ2n) is 7.06. The Bertz CT molecular complexity index is 1040. The average molecular weight is 394 g/mol. The molecule has 0 N–H and O–H groups in total. The molecule has 2 aromatic heterocycles. The highest BCUT2D eigenvalue weighted by Crippen LogP contribution is 2.25. The molecule has 1 atom stereocenters. The summed E-state index contributed by atoms with van der Waals surface area (Å²) in [4.78, 5) is 27.7. The molecule has 1 aliphatic rings. The molecule has 1 amide bonds. The van der Waals surface area contributed by atoms with Gasteiger partial charge in [-0.1, -0.05) is 18.2 Å². The van der Waals surface area contributed by atoms with E-state index in [4.69, 9.17) is 4.74 Å². The molecule has 0 unspecified atom stereocenters. The monoisotopic (exact) mass is 394 g/mol. The van der Waals surface area contributed by atoms with Crippen molar-refractivity contribution in [3.8, 4) is 16.2 Å². The van der Waals surface area contributed by atoms with Crippen LogP contribution in [0.25, 0.3) is 10.4 Å². The second kappa shape index (κ2) is 7.64. The van der Waals surface area contributed by atoms with Gasteiger partial charge in [0.2, 0.25) is 0 Å². The zero-order valence-electron chi connectivity index (χ0n) is 15.9. The highest BCUT2D eigenvalue weighted by molar-refractivity contribution is 7.13. The first kappa shape index (κ1) is 18.5. The molecule has 1 aromatic carbocycles. The number of nitrogens with zero attached hydrogens (tertiary/aromatic N) is 2. The van der Waals surface area contributed by atoms with Crippen LogP contribution < -0.4 is 10.3 Å². The van der Waals surface area contributed by atoms with E-state index < -0.39 is 0 Å². The number of aryl methyl sites for hydroxylation is 1. The molecule has 1 fully saturated rings. The van der Waals surface area contributed by atoms with Crippen molar-refractivity contribution in [2.75, 3.05) is 13.1 Å². The number of carbonyl (C=O) groups excluding carboxylic acids is 1. The van der Waals surface area contributed by atoms with Crippen LogP contribution >= 0.6 is 11.3 Å². The summed E-state index contributed by atoms with van der Waals surface area (Å²) >= 11 is 1.68. The van der Waals surface area contributed by atoms with Gasteiger partial charge in [-0.25, -0.2) is 0 Å². The standard InChI is InChI=1S/C22H22N2O3S/c1-15-12-19(13-21(25)23(15)2)27-18-9-10-24(14-18)22(26)17-7-5-16(6-8-17)20-4-3-11-28-20/h3-8,11-13,18H,9-10,14H2,1-2H3/t18-/m0/s1. The molecule has 3 aromatic rings. The minimum absolute atomic E-state index is 0.0176. The summed E-state index contributed by atoms with van der Waals surface area (Å²) in [7, 11) is 1.74. The number of ether oxygens (including phenoxy) is 1. The largest absolute Gasteiger partial charge is 0.488 e. The molecule has 1 saturated heterocycles. The van der Waals surface area contributed by atoms with E-state index in [-0.39, 0.29) is 17.6 Å². The molecule has 4 rings (SSSR count). The minimum Gasteiger partial charge on any atom is -0.488 e. The average Bonchev–Trinajstić information content (AvgIpc) is 3.38. The van der Waals surface area contributed by atoms with Crippen molar-refractivity contribution in [2.24, 2.45) is 7.05 Å². The lowest BCUT2D eigenvalue weighted by atomic mass is 10.1. The number of amides is 1. The second-order valence-corrected chi connectivity index (χ2v) is 8.01. The third-order valence-electron chi connectivity index (χ3n) is 5.15. The van der Waals surface area contributed by atoms with Crippen LogP contribution in [0.2, 0.25) is 0 Å². The van der Waals surface area contributed by atoms with Gasteiger partial charge in [-0.15, -0.1) is 11.3 Å². The molecule has 0 saturated carbocycles. The van der Waals surface area contributed by atoms with Gasteiger partial charge < -0.3 is 14.2 Å². The smallest absolute Gasteiger partial charge is 0.254 e. The quantitative estimate of drug-likeness (QED) is 0.678. The SMILES string of the molecule is Cc1cc(O[C@H]2CCN(C(=O)c3ccc(-c4cccs4)cc3)C2)cc(=O)n1C. The number of pyridine rings is 1. The fraction of sp³-hybridized carbons (Fsp3) is 0.273. The third-order valence-corrected chi connectivity index (χ3v) is 6.07. The summed E-state index contributed by atoms with van der Waals surface area (Å²) in [6.45, 7) is 3.05. The molecule has 0 aliphatic carbocycles. The van der Waals surface area contributed by atoms with Crippen LogP contribution in [0.3, 0.4) is 0 Å². The highest BCUT2D eigenvalue weighted by Gasteiger charge is 2.28. The Hall–Kier alpha value is -2.86. The number of hydrogen-bond donors (Lipinski definition) is 0. The van der Waals surface area contributed by atoms with Gasteiger partial charge in [-0.3, -0.25) is 9.59 Å². The van der Waals surface area contributed by atoms with E-state index in [0.29, 0.717) is 24.4 Å². The Morgan fingerprint density at radius 1 is 1.18 bits per heavy atom. The van der Waals surface area contributed by atoms with Gasteiger partial charge in [0.1, 0.15) is 11.9 Å². The Kier molecular flexibility index (Phi) is 5.05. The van der Waals surface area contributed by atoms with Crippen molar-refractivity contribution in [2.45, 2.75) is 19.4 Å². The van der Waals surface area contributed by atoms with Crippen LogP contribution in [0.5, 0.6) is 5.75 Å². The lowest BCUT2D eigenvalue weighted by Gasteiger charge is -2.18. The van der Waals surface area contributed by atoms with Crippen LogP contribution in [0.4, 0.5) is 0 Å². The van der Waals surface area contributed by atoms with E-state index in [0.717, 1.165) is 17.7 Å². The molecule has 0 spiro atoms. The van der Waals surface area contributed by atoms with Crippen LogP contribution in [-0.4, -0.2) is 34.6 Å². The molecule has 1 aliphatic heterocycles. The summed E-state index contributed by atoms with van der Waals surface area (Å²) in [5.41, 5.74) is 2.56. The van der Waals surface area contributed by atoms with Gasteiger partial charge in [0, 0.05) is 42.2 Å². The highest BCUT2D eigenvalue weighted by atomic mass is 32.1. The first-order valence-electron chi connectivity index (χ1n) is 9.29. The predicted molar refractivity (Wildman–Crippen MR) is 111 cm³/mol. The number of benzene rings is 1. The molecular weight excluding hydrogens is 372 g/mol. The molecule has 144 valence electrons. The van der Waals surface area contributed by atoms with Crippen molar-refractivity contribution in [1.82, 2.24) is 9.47 Å². The first-order valence-corrected chi connectivity index (χ1v) is 10.2. The van der Waals surface area contributed by atoms with Gasteiger partial charge in [-0.05, 0) is 42.1 Å². The van der Waals surface area contributed by atoms with Crippen molar-refractivity contribution in [3.63, 3.8) is 0 Å². The van der Waals surface area contributed by atoms with Crippen molar-refractivity contribution in [3.05, 3.63) is 75.5 Å². The molecular formula is C22H22N2O3S. The van der Waals surface area contributed by atoms with E-state index in [1.165, 1.54) is 10.9 Å². The number of rotatable bonds is 4. The molecule has 6 heteroatoms. The number of hydrogen-bond acceptors (Lipinski definition) is 4. The zero-order chi connectivity index (χ0) is 19.7. The van der Waals surface area contributed by atoms with Gasteiger partial charge >= 0.3 is 0 Å². The molecule has 28 heavy (non-hydrogen) atoms. The summed E-state index contributed by atoms with van der Waals surface area (Å²) < 4.78 is 7.55. The van der Waals surface area contributed by atoms with Crippen LogP contribution in [0.1, 0.15) is 22.5 Å². The molecule has 0 radical (unpaired) electrons. The van der Waals surface area contributed by atoms with Crippen molar-refractivity contribution < 1.29 is 9.53 Å². The van der Waals surface area contributed by atoms with Gasteiger partial charge in [-0.2, -0.15) is 0 Å². The number of thiophene rings is 1. The van der Waals surface area contributed by atoms with Crippen molar-refractivity contribution in [1.29, 1.82) is 0 Å². The maximum atomic E-state index is 12.8. The van der Waals surface area contributed by atoms with E-state index >= 15 is 0 Å². The lowest BCUT2D eigenvalue weighted by Crippen LogP contribution is -2.31. The summed E-state index contributed by atoms with van der Waals surface area (Å²) in [5.74, 6) is 0.587. The van der Waals surface area contributed by atoms with Crippen LogP contribution in [0, 0.1) is 6.92 Å². The van der Waals surface area contributed by atoms with Gasteiger partial charge in [0.05, 0.1) is 6.54 Å². The Morgan fingerprint density at radius 3 is 2.64 bits per heavy atom. The fourth-order valence-electron chi connectivity index (χ4n) is 3.41. The Morgan fingerprint density at radius 2 is 1.96 bits per heavy atom. The van der Waals surface area contributed by atoms with E-state index in [1.54, 1.807) is 23.0 Å². The molecule has 5 nitrogen and oxygen atoms in total. The summed E-state index contributed by atoms with van der Waals surface area (Å²) in [5, 5.41) is 2.04. The zero-order valence-corrected chi connectivity index (χ0v) is 16.7. The molecule has 0 bridgehead atoms. The fourth-order valence-corrected chi connectivity index (χ4v) is 4.14. The minimum atomic E-state index is -0.0964. The van der Waals surface area contributed by atoms with E-state index in [9.17, 15) is 9.59 Å². The van der Waals surface area contributed by atoms with Crippen molar-refractivity contribution >= 4 is 17.2 Å². The van der Waals surface area contributed by atoms with E-state index in [2.05, 4.69) is 6.07 Å². The van der Waals surface area contributed by atoms with Crippen LogP contribution in [0.15, 0.2) is 58.7 Å². The number of likely N-dealkylation sites (tertiary alicyclic amines) is 1. The maximum Gasteiger partial charge on any atom is 0.254 e. The number of carbonyl (C=O) groups is 1. The Balaban J connectivity index is 1.41. The van der Waals surface area contributed by atoms with Crippen LogP contribution in [-0.2, 0) is 7.05 Å². The normalized spacial score (nSPS) is 16.4. The predicted octanol–water partition coefficient (Wildman–Crippen LogP) is 3.72. The Labute approximate surface area is 167 Å². The van der Waals surface area contributed by atoms with Gasteiger partial charge in [0.15, 0.2) is 0 Å². The summed E-state index contributed by atoms with van der Waals surface area (Å²) in [6.07, 6.45) is 0.661. The topological polar surface area (TPSA) is 51.5 Å². The first-order chi connectivity index (χ1) is 13.5. The molecule has 3 heterocycles. The summed E-state index contributed by atoms with van der Waals surface area (Å²) in [6, 6.07) is 15.2. The number of aromatic nitrogens is 1. The van der Waals surface area contributed by atoms with E-state index in [1.807, 2.05) is 53.6 Å². The maximum absolute atomic E-state index is 12.8. The lowest BCUT2D eigenvalue weighted by molar-refractivity contribution is 0.0772. The van der Waals surface area contributed by atoms with Gasteiger partial charge in [0.25, 0.3) is 11.5 Å². The third kappa shape index (κ3) is 3.73.